The largest absolute Gasteiger partial charge is 0.446 e. The van der Waals surface area contributed by atoms with Crippen LogP contribution in [0.5, 0.6) is 0 Å². The van der Waals surface area contributed by atoms with Gasteiger partial charge in [-0.25, -0.2) is 13.2 Å². The molecule has 3 rings (SSSR count). The highest BCUT2D eigenvalue weighted by molar-refractivity contribution is 7.92. The van der Waals surface area contributed by atoms with Gasteiger partial charge in [-0.3, -0.25) is 9.69 Å². The number of nitrogens with one attached hydrogen (secondary N) is 1. The minimum absolute atomic E-state index is 0.355. The smallest absolute Gasteiger partial charge is 0.417 e. The Labute approximate surface area is 183 Å². The molecule has 1 aliphatic carbocycles. The molecule has 0 bridgehead atoms. The summed E-state index contributed by atoms with van der Waals surface area (Å²) in [5.74, 6) is -0.767. The first-order valence-electron chi connectivity index (χ1n) is 10.1. The zero-order valence-electron chi connectivity index (χ0n) is 17.0. The van der Waals surface area contributed by atoms with Crippen LogP contribution in [0.25, 0.3) is 0 Å². The molecule has 1 aliphatic heterocycles. The Morgan fingerprint density at radius 1 is 1.22 bits per heavy atom. The summed E-state index contributed by atoms with van der Waals surface area (Å²) in [6.45, 7) is -0.861. The highest BCUT2D eigenvalue weighted by atomic mass is 32.2. The number of ether oxygens (including phenoxy) is 1. The summed E-state index contributed by atoms with van der Waals surface area (Å²) in [6.07, 6.45) is -3.53. The molecule has 1 aromatic rings. The van der Waals surface area contributed by atoms with Gasteiger partial charge in [0.2, 0.25) is 5.91 Å². The number of benzene rings is 1. The minimum atomic E-state index is -4.90. The lowest BCUT2D eigenvalue weighted by Gasteiger charge is -2.24. The van der Waals surface area contributed by atoms with Crippen molar-refractivity contribution in [1.29, 1.82) is 5.26 Å². The van der Waals surface area contributed by atoms with Crippen LogP contribution < -0.4 is 5.32 Å². The van der Waals surface area contributed by atoms with Crippen LogP contribution in [0.15, 0.2) is 29.2 Å². The van der Waals surface area contributed by atoms with Gasteiger partial charge < -0.3 is 10.1 Å². The molecule has 1 heterocycles. The van der Waals surface area contributed by atoms with Gasteiger partial charge >= 0.3 is 12.3 Å². The number of amides is 2. The third-order valence-electron chi connectivity index (χ3n) is 5.65. The first kappa shape index (κ1) is 23.8. The van der Waals surface area contributed by atoms with Crippen LogP contribution in [0.1, 0.15) is 37.7 Å². The van der Waals surface area contributed by atoms with Crippen LogP contribution in [0, 0.1) is 11.3 Å². The Balaban J connectivity index is 1.90. The standard InChI is InChI=1S/C20H22F3N3O5S/c21-20(22,23)15-7-3-4-8-17(15)32(29,30)14-11-16(18(27)25-10-9-24)26(12-14)19(28)31-13-5-1-2-6-13/h3-4,7-8,13-14,16H,1-2,5-6,10-12H2,(H,25,27)/t14-,16+/m1/s1. The van der Waals surface area contributed by atoms with Crippen molar-refractivity contribution in [2.75, 3.05) is 13.1 Å². The molecule has 2 aliphatic rings. The van der Waals surface area contributed by atoms with E-state index in [1.54, 1.807) is 6.07 Å². The van der Waals surface area contributed by atoms with Gasteiger partial charge in [-0.1, -0.05) is 12.1 Å². The van der Waals surface area contributed by atoms with Gasteiger partial charge in [-0.05, 0) is 44.2 Å². The molecule has 0 radical (unpaired) electrons. The van der Waals surface area contributed by atoms with E-state index in [1.807, 2.05) is 0 Å². The predicted octanol–water partition coefficient (Wildman–Crippen LogP) is 2.64. The first-order chi connectivity index (χ1) is 15.1. The summed E-state index contributed by atoms with van der Waals surface area (Å²) < 4.78 is 71.9. The van der Waals surface area contributed by atoms with Crippen molar-refractivity contribution in [2.45, 2.75) is 60.6 Å². The number of hydrogen-bond donors (Lipinski definition) is 1. The summed E-state index contributed by atoms with van der Waals surface area (Å²) in [5, 5.41) is 9.52. The van der Waals surface area contributed by atoms with E-state index in [1.165, 1.54) is 6.07 Å². The Morgan fingerprint density at radius 2 is 1.88 bits per heavy atom. The topological polar surface area (TPSA) is 117 Å². The van der Waals surface area contributed by atoms with E-state index in [-0.39, 0.29) is 12.6 Å². The Bertz CT molecular complexity index is 1020. The van der Waals surface area contributed by atoms with Crippen LogP contribution in [0.4, 0.5) is 18.0 Å². The van der Waals surface area contributed by atoms with E-state index >= 15 is 0 Å². The number of alkyl halides is 3. The van der Waals surface area contributed by atoms with E-state index in [9.17, 15) is 31.2 Å². The van der Waals surface area contributed by atoms with Crippen LogP contribution in [-0.2, 0) is 25.5 Å². The van der Waals surface area contributed by atoms with E-state index in [4.69, 9.17) is 10.00 Å². The highest BCUT2D eigenvalue weighted by Crippen LogP contribution is 2.37. The third kappa shape index (κ3) is 4.98. The number of halogens is 3. The predicted molar refractivity (Wildman–Crippen MR) is 105 cm³/mol. The molecule has 1 N–H and O–H groups in total. The van der Waals surface area contributed by atoms with Crippen LogP contribution in [0.3, 0.4) is 0 Å². The first-order valence-corrected chi connectivity index (χ1v) is 11.6. The average Bonchev–Trinajstić information content (AvgIpc) is 3.41. The number of carbonyl (C=O) groups excluding carboxylic acids is 2. The van der Waals surface area contributed by atoms with Crippen molar-refractivity contribution in [1.82, 2.24) is 10.2 Å². The van der Waals surface area contributed by atoms with Gasteiger partial charge in [0.1, 0.15) is 18.7 Å². The zero-order valence-corrected chi connectivity index (χ0v) is 17.8. The second-order valence-electron chi connectivity index (χ2n) is 7.73. The van der Waals surface area contributed by atoms with Crippen molar-refractivity contribution in [2.24, 2.45) is 0 Å². The lowest BCUT2D eigenvalue weighted by Crippen LogP contribution is -2.46. The van der Waals surface area contributed by atoms with Crippen molar-refractivity contribution in [3.8, 4) is 6.07 Å². The van der Waals surface area contributed by atoms with Gasteiger partial charge in [0.25, 0.3) is 0 Å². The Kier molecular flexibility index (Phi) is 6.97. The molecule has 1 saturated heterocycles. The molecule has 1 aromatic carbocycles. The van der Waals surface area contributed by atoms with Crippen molar-refractivity contribution in [3.05, 3.63) is 29.8 Å². The molecule has 32 heavy (non-hydrogen) atoms. The zero-order chi connectivity index (χ0) is 23.5. The second-order valence-corrected chi connectivity index (χ2v) is 9.93. The number of rotatable bonds is 5. The number of nitrogens with zero attached hydrogens (tertiary/aromatic N) is 2. The molecule has 2 fully saturated rings. The van der Waals surface area contributed by atoms with Crippen LogP contribution in [-0.4, -0.2) is 55.8 Å². The van der Waals surface area contributed by atoms with Crippen LogP contribution >= 0.6 is 0 Å². The van der Waals surface area contributed by atoms with E-state index < -0.39 is 62.7 Å². The molecule has 8 nitrogen and oxygen atoms in total. The molecule has 2 amide bonds. The van der Waals surface area contributed by atoms with Crippen molar-refractivity contribution in [3.63, 3.8) is 0 Å². The summed E-state index contributed by atoms with van der Waals surface area (Å²) >= 11 is 0. The number of sulfone groups is 1. The maximum absolute atomic E-state index is 13.4. The molecular formula is C20H22F3N3O5S. The van der Waals surface area contributed by atoms with Crippen molar-refractivity contribution >= 4 is 21.8 Å². The van der Waals surface area contributed by atoms with E-state index in [2.05, 4.69) is 5.32 Å². The van der Waals surface area contributed by atoms with Gasteiger partial charge in [-0.2, -0.15) is 18.4 Å². The SMILES string of the molecule is N#CCNC(=O)[C@@H]1C[C@@H](S(=O)(=O)c2ccccc2C(F)(F)F)CN1C(=O)OC1CCCC1. The lowest BCUT2D eigenvalue weighted by atomic mass is 10.2. The van der Waals surface area contributed by atoms with E-state index in [0.29, 0.717) is 18.9 Å². The maximum atomic E-state index is 13.4. The van der Waals surface area contributed by atoms with Gasteiger partial charge in [0.05, 0.1) is 21.8 Å². The van der Waals surface area contributed by atoms with Gasteiger partial charge in [-0.15, -0.1) is 0 Å². The molecule has 1 saturated carbocycles. The van der Waals surface area contributed by atoms with Crippen molar-refractivity contribution < 1.29 is 35.9 Å². The number of likely N-dealkylation sites (tertiary alicyclic amines) is 1. The summed E-state index contributed by atoms with van der Waals surface area (Å²) in [5.41, 5.74) is -1.31. The molecule has 2 atom stereocenters. The van der Waals surface area contributed by atoms with E-state index in [0.717, 1.165) is 29.9 Å². The monoisotopic (exact) mass is 473 g/mol. The van der Waals surface area contributed by atoms with Gasteiger partial charge in [0, 0.05) is 6.54 Å². The fourth-order valence-electron chi connectivity index (χ4n) is 4.06. The molecule has 0 unspecified atom stereocenters. The quantitative estimate of drug-likeness (QED) is 0.658. The highest BCUT2D eigenvalue weighted by Gasteiger charge is 2.48. The number of nitriles is 1. The maximum Gasteiger partial charge on any atom is 0.417 e. The number of carbonyl (C=O) groups is 2. The summed E-state index contributed by atoms with van der Waals surface area (Å²) in [7, 11) is -4.55. The number of hydrogen-bond acceptors (Lipinski definition) is 6. The molecular weight excluding hydrogens is 451 g/mol. The fraction of sp³-hybridized carbons (Fsp3) is 0.550. The van der Waals surface area contributed by atoms with Crippen LogP contribution in [0.2, 0.25) is 0 Å². The summed E-state index contributed by atoms with van der Waals surface area (Å²) in [4.78, 5) is 25.2. The van der Waals surface area contributed by atoms with Gasteiger partial charge in [0.15, 0.2) is 9.84 Å². The normalized spacial score (nSPS) is 21.9. The molecule has 0 spiro atoms. The third-order valence-corrected chi connectivity index (χ3v) is 7.84. The second kappa shape index (κ2) is 9.36. The minimum Gasteiger partial charge on any atom is -0.446 e. The molecule has 174 valence electrons. The molecule has 12 heteroatoms. The summed E-state index contributed by atoms with van der Waals surface area (Å²) in [6, 6.07) is 4.22. The Morgan fingerprint density at radius 3 is 2.50 bits per heavy atom. The fourth-order valence-corrected chi connectivity index (χ4v) is 5.97. The lowest BCUT2D eigenvalue weighted by molar-refractivity contribution is -0.139. The average molecular weight is 473 g/mol. The Hall–Kier alpha value is -2.81. The molecule has 0 aromatic heterocycles.